The summed E-state index contributed by atoms with van der Waals surface area (Å²) in [7, 11) is 0. The Kier molecular flexibility index (Phi) is 5.03. The molecule has 0 saturated carbocycles. The average molecular weight is 264 g/mol. The zero-order valence-electron chi connectivity index (χ0n) is 10.9. The first kappa shape index (κ1) is 13.7. The fourth-order valence-corrected chi connectivity index (χ4v) is 1.98. The standard InChI is InChI=1S/C14H20N2O3/c15-14(17)7-9-19-12-5-3-11(4-6-12)16-10-13-2-1-8-18-13/h3-6,13,16H,1-2,7-10H2,(H2,15,17). The van der Waals surface area contributed by atoms with Gasteiger partial charge in [-0.05, 0) is 37.1 Å². The maximum atomic E-state index is 10.6. The number of hydrogen-bond acceptors (Lipinski definition) is 4. The Labute approximate surface area is 113 Å². The van der Waals surface area contributed by atoms with Crippen molar-refractivity contribution in [1.82, 2.24) is 0 Å². The molecule has 0 aliphatic carbocycles. The molecule has 1 unspecified atom stereocenters. The number of nitrogens with one attached hydrogen (secondary N) is 1. The lowest BCUT2D eigenvalue weighted by Crippen LogP contribution is -2.18. The van der Waals surface area contributed by atoms with E-state index < -0.39 is 0 Å². The molecule has 1 saturated heterocycles. The summed E-state index contributed by atoms with van der Waals surface area (Å²) in [6.45, 7) is 2.03. The molecule has 1 amide bonds. The van der Waals surface area contributed by atoms with Crippen molar-refractivity contribution in [2.45, 2.75) is 25.4 Å². The molecule has 1 aliphatic rings. The van der Waals surface area contributed by atoms with Gasteiger partial charge in [0, 0.05) is 18.8 Å². The number of hydrogen-bond donors (Lipinski definition) is 2. The Balaban J connectivity index is 1.72. The third-order valence-electron chi connectivity index (χ3n) is 3.03. The van der Waals surface area contributed by atoms with Crippen molar-refractivity contribution in [1.29, 1.82) is 0 Å². The molecule has 1 aliphatic heterocycles. The lowest BCUT2D eigenvalue weighted by atomic mass is 10.2. The van der Waals surface area contributed by atoms with Crippen LogP contribution in [0.5, 0.6) is 5.75 Å². The second kappa shape index (κ2) is 6.99. The van der Waals surface area contributed by atoms with E-state index in [-0.39, 0.29) is 12.3 Å². The molecule has 0 radical (unpaired) electrons. The minimum atomic E-state index is -0.352. The smallest absolute Gasteiger partial charge is 0.220 e. The van der Waals surface area contributed by atoms with Crippen LogP contribution in [0.25, 0.3) is 0 Å². The first-order valence-electron chi connectivity index (χ1n) is 6.60. The van der Waals surface area contributed by atoms with Crippen LogP contribution >= 0.6 is 0 Å². The van der Waals surface area contributed by atoms with E-state index in [1.807, 2.05) is 24.3 Å². The number of nitrogens with two attached hydrogens (primary N) is 1. The molecule has 0 aromatic heterocycles. The number of ether oxygens (including phenoxy) is 2. The van der Waals surface area contributed by atoms with Crippen LogP contribution in [0.3, 0.4) is 0 Å². The van der Waals surface area contributed by atoms with Crippen LogP contribution in [0.4, 0.5) is 5.69 Å². The zero-order valence-corrected chi connectivity index (χ0v) is 10.9. The van der Waals surface area contributed by atoms with Gasteiger partial charge in [0.15, 0.2) is 0 Å². The molecule has 5 nitrogen and oxygen atoms in total. The first-order valence-corrected chi connectivity index (χ1v) is 6.60. The van der Waals surface area contributed by atoms with Crippen LogP contribution in [0.2, 0.25) is 0 Å². The molecule has 3 N–H and O–H groups in total. The van der Waals surface area contributed by atoms with E-state index in [2.05, 4.69) is 5.32 Å². The Bertz CT molecular complexity index is 400. The lowest BCUT2D eigenvalue weighted by Gasteiger charge is -2.12. The van der Waals surface area contributed by atoms with E-state index in [1.54, 1.807) is 0 Å². The molecule has 104 valence electrons. The Hall–Kier alpha value is -1.75. The summed E-state index contributed by atoms with van der Waals surface area (Å²) in [5.74, 6) is 0.388. The topological polar surface area (TPSA) is 73.6 Å². The molecule has 1 aromatic rings. The Morgan fingerprint density at radius 1 is 1.42 bits per heavy atom. The molecule has 5 heteroatoms. The zero-order chi connectivity index (χ0) is 13.5. The summed E-state index contributed by atoms with van der Waals surface area (Å²) in [6.07, 6.45) is 2.84. The fraction of sp³-hybridized carbons (Fsp3) is 0.500. The highest BCUT2D eigenvalue weighted by Gasteiger charge is 2.14. The third-order valence-corrected chi connectivity index (χ3v) is 3.03. The van der Waals surface area contributed by atoms with E-state index in [9.17, 15) is 4.79 Å². The molecular formula is C14H20N2O3. The highest BCUT2D eigenvalue weighted by molar-refractivity contribution is 5.73. The SMILES string of the molecule is NC(=O)CCOc1ccc(NCC2CCCO2)cc1. The number of carbonyl (C=O) groups excluding carboxylic acids is 1. The summed E-state index contributed by atoms with van der Waals surface area (Å²) < 4.78 is 10.9. The van der Waals surface area contributed by atoms with Crippen molar-refractivity contribution in [3.05, 3.63) is 24.3 Å². The fourth-order valence-electron chi connectivity index (χ4n) is 1.98. The predicted molar refractivity (Wildman–Crippen MR) is 73.2 cm³/mol. The maximum Gasteiger partial charge on any atom is 0.220 e. The van der Waals surface area contributed by atoms with Gasteiger partial charge in [0.1, 0.15) is 5.75 Å². The van der Waals surface area contributed by atoms with Crippen molar-refractivity contribution in [3.8, 4) is 5.75 Å². The second-order valence-corrected chi connectivity index (χ2v) is 4.61. The summed E-state index contributed by atoms with van der Waals surface area (Å²) in [5.41, 5.74) is 6.08. The molecule has 19 heavy (non-hydrogen) atoms. The minimum absolute atomic E-state index is 0.235. The number of benzene rings is 1. The van der Waals surface area contributed by atoms with Crippen molar-refractivity contribution >= 4 is 11.6 Å². The molecule has 1 aromatic carbocycles. The molecule has 1 fully saturated rings. The average Bonchev–Trinajstić information content (AvgIpc) is 2.90. The van der Waals surface area contributed by atoms with Crippen molar-refractivity contribution in [2.75, 3.05) is 25.1 Å². The summed E-state index contributed by atoms with van der Waals surface area (Å²) in [5, 5.41) is 3.33. The minimum Gasteiger partial charge on any atom is -0.493 e. The molecule has 1 atom stereocenters. The van der Waals surface area contributed by atoms with Crippen molar-refractivity contribution in [2.24, 2.45) is 5.73 Å². The highest BCUT2D eigenvalue weighted by atomic mass is 16.5. The van der Waals surface area contributed by atoms with E-state index in [0.717, 1.165) is 37.4 Å². The van der Waals surface area contributed by atoms with E-state index in [0.29, 0.717) is 12.7 Å². The van der Waals surface area contributed by atoms with Gasteiger partial charge in [-0.15, -0.1) is 0 Å². The monoisotopic (exact) mass is 264 g/mol. The van der Waals surface area contributed by atoms with Crippen LogP contribution in [0.1, 0.15) is 19.3 Å². The van der Waals surface area contributed by atoms with Crippen LogP contribution in [-0.4, -0.2) is 31.8 Å². The van der Waals surface area contributed by atoms with Crippen LogP contribution < -0.4 is 15.8 Å². The third kappa shape index (κ3) is 4.79. The van der Waals surface area contributed by atoms with Crippen molar-refractivity contribution in [3.63, 3.8) is 0 Å². The second-order valence-electron chi connectivity index (χ2n) is 4.61. The van der Waals surface area contributed by atoms with Crippen molar-refractivity contribution < 1.29 is 14.3 Å². The number of anilines is 1. The Morgan fingerprint density at radius 2 is 2.21 bits per heavy atom. The van der Waals surface area contributed by atoms with Gasteiger partial charge in [0.05, 0.1) is 19.1 Å². The van der Waals surface area contributed by atoms with E-state index in [4.69, 9.17) is 15.2 Å². The number of amides is 1. The highest BCUT2D eigenvalue weighted by Crippen LogP contribution is 2.17. The normalized spacial score (nSPS) is 18.2. The molecule has 1 heterocycles. The quantitative estimate of drug-likeness (QED) is 0.783. The van der Waals surface area contributed by atoms with E-state index >= 15 is 0 Å². The predicted octanol–water partition coefficient (Wildman–Crippen LogP) is 1.53. The molecule has 2 rings (SSSR count). The van der Waals surface area contributed by atoms with Gasteiger partial charge in [-0.2, -0.15) is 0 Å². The molecule has 0 bridgehead atoms. The van der Waals surface area contributed by atoms with Gasteiger partial charge in [0.25, 0.3) is 0 Å². The first-order chi connectivity index (χ1) is 9.24. The lowest BCUT2D eigenvalue weighted by molar-refractivity contribution is -0.118. The van der Waals surface area contributed by atoms with Gasteiger partial charge >= 0.3 is 0 Å². The summed E-state index contributed by atoms with van der Waals surface area (Å²) in [6, 6.07) is 7.65. The van der Waals surface area contributed by atoms with Gasteiger partial charge in [-0.3, -0.25) is 4.79 Å². The molecular weight excluding hydrogens is 244 g/mol. The van der Waals surface area contributed by atoms with Crippen LogP contribution in [0, 0.1) is 0 Å². The largest absolute Gasteiger partial charge is 0.493 e. The maximum absolute atomic E-state index is 10.6. The Morgan fingerprint density at radius 3 is 2.84 bits per heavy atom. The van der Waals surface area contributed by atoms with Gasteiger partial charge in [-0.1, -0.05) is 0 Å². The summed E-state index contributed by atoms with van der Waals surface area (Å²) in [4.78, 5) is 10.6. The van der Waals surface area contributed by atoms with Crippen LogP contribution in [-0.2, 0) is 9.53 Å². The van der Waals surface area contributed by atoms with E-state index in [1.165, 1.54) is 0 Å². The van der Waals surface area contributed by atoms with Gasteiger partial charge < -0.3 is 20.5 Å². The number of rotatable bonds is 7. The van der Waals surface area contributed by atoms with Crippen LogP contribution in [0.15, 0.2) is 24.3 Å². The van der Waals surface area contributed by atoms with Gasteiger partial charge in [0.2, 0.25) is 5.91 Å². The summed E-state index contributed by atoms with van der Waals surface area (Å²) >= 11 is 0. The molecule has 0 spiro atoms. The number of carbonyl (C=O) groups is 1. The van der Waals surface area contributed by atoms with Gasteiger partial charge in [-0.25, -0.2) is 0 Å². The number of primary amides is 1.